The molecule has 0 bridgehead atoms. The molecule has 2 rings (SSSR count). The highest BCUT2D eigenvalue weighted by Gasteiger charge is 2.30. The molecule has 0 unspecified atom stereocenters. The second kappa shape index (κ2) is 13.0. The summed E-state index contributed by atoms with van der Waals surface area (Å²) in [6.07, 6.45) is -0.716. The van der Waals surface area contributed by atoms with E-state index in [0.717, 1.165) is 11.1 Å². The Morgan fingerprint density at radius 2 is 1.44 bits per heavy atom. The van der Waals surface area contributed by atoms with E-state index >= 15 is 0 Å². The summed E-state index contributed by atoms with van der Waals surface area (Å²) in [5, 5.41) is 14.2. The van der Waals surface area contributed by atoms with E-state index < -0.39 is 35.7 Å². The smallest absolute Gasteiger partial charge is 0.407 e. The van der Waals surface area contributed by atoms with Gasteiger partial charge < -0.3 is 25.2 Å². The van der Waals surface area contributed by atoms with Gasteiger partial charge in [0.05, 0.1) is 19.8 Å². The van der Waals surface area contributed by atoms with Crippen molar-refractivity contribution in [2.75, 3.05) is 7.11 Å². The molecule has 0 saturated heterocycles. The molecule has 0 spiro atoms. The normalized spacial score (nSPS) is 11.9. The lowest BCUT2D eigenvalue weighted by molar-refractivity contribution is -0.143. The van der Waals surface area contributed by atoms with E-state index in [0.29, 0.717) is 11.1 Å². The summed E-state index contributed by atoms with van der Waals surface area (Å²) in [6.45, 7) is 6.69. The quantitative estimate of drug-likeness (QED) is 0.424. The van der Waals surface area contributed by atoms with E-state index in [1.54, 1.807) is 76.2 Å². The average Bonchev–Trinajstić information content (AvgIpc) is 2.84. The molecule has 0 aliphatic rings. The molecule has 3 N–H and O–H groups in total. The molecule has 0 aliphatic carbocycles. The number of esters is 1. The van der Waals surface area contributed by atoms with Crippen LogP contribution in [-0.4, -0.2) is 47.9 Å². The molecule has 8 nitrogen and oxygen atoms in total. The number of aliphatic hydroxyl groups excluding tert-OH is 1. The maximum Gasteiger partial charge on any atom is 0.407 e. The Labute approximate surface area is 211 Å². The van der Waals surface area contributed by atoms with Gasteiger partial charge in [-0.05, 0) is 81.5 Å². The second-order valence-corrected chi connectivity index (χ2v) is 8.84. The van der Waals surface area contributed by atoms with Gasteiger partial charge in [-0.25, -0.2) is 9.59 Å². The summed E-state index contributed by atoms with van der Waals surface area (Å²) in [7, 11) is 1.20. The molecule has 8 heteroatoms. The first-order valence-corrected chi connectivity index (χ1v) is 11.2. The van der Waals surface area contributed by atoms with Crippen LogP contribution in [0.5, 0.6) is 0 Å². The molecule has 2 amide bonds. The predicted molar refractivity (Wildman–Crippen MR) is 135 cm³/mol. The van der Waals surface area contributed by atoms with Gasteiger partial charge in [0.1, 0.15) is 11.6 Å². The lowest BCUT2D eigenvalue weighted by Gasteiger charge is -2.26. The fraction of sp³-hybridized carbons (Fsp3) is 0.321. The van der Waals surface area contributed by atoms with E-state index in [1.807, 2.05) is 0 Å². The lowest BCUT2D eigenvalue weighted by Crippen LogP contribution is -2.55. The van der Waals surface area contributed by atoms with Crippen molar-refractivity contribution in [3.05, 3.63) is 70.8 Å². The first kappa shape index (κ1) is 28.0. The average molecular weight is 491 g/mol. The number of methoxy groups -OCH3 is 1. The second-order valence-electron chi connectivity index (χ2n) is 8.84. The zero-order valence-electron chi connectivity index (χ0n) is 21.0. The van der Waals surface area contributed by atoms with Crippen LogP contribution in [0.4, 0.5) is 4.79 Å². The minimum atomic E-state index is -1.13. The SMILES string of the molecule is COC(=O)[C@@H](NC(=O)c1ccc(C#CC#Cc2ccc(CO)cc2)cc1)[C@@H](C)NC(=O)OC(C)(C)C. The van der Waals surface area contributed by atoms with E-state index in [1.165, 1.54) is 7.11 Å². The Hall–Kier alpha value is -4.27. The maximum atomic E-state index is 12.7. The first-order valence-electron chi connectivity index (χ1n) is 11.2. The molecular weight excluding hydrogens is 460 g/mol. The number of alkyl carbamates (subject to hydrolysis) is 1. The summed E-state index contributed by atoms with van der Waals surface area (Å²) in [4.78, 5) is 37.0. The van der Waals surface area contributed by atoms with E-state index in [-0.39, 0.29) is 6.61 Å². The van der Waals surface area contributed by atoms with Crippen LogP contribution in [0.25, 0.3) is 0 Å². The Balaban J connectivity index is 2.03. The number of hydrogen-bond acceptors (Lipinski definition) is 6. The van der Waals surface area contributed by atoms with Crippen LogP contribution in [0.3, 0.4) is 0 Å². The summed E-state index contributed by atoms with van der Waals surface area (Å²) in [5.41, 5.74) is 1.83. The van der Waals surface area contributed by atoms with Gasteiger partial charge in [0.25, 0.3) is 5.91 Å². The van der Waals surface area contributed by atoms with Crippen molar-refractivity contribution in [3.8, 4) is 23.7 Å². The molecule has 2 atom stereocenters. The van der Waals surface area contributed by atoms with Crippen molar-refractivity contribution in [3.63, 3.8) is 0 Å². The van der Waals surface area contributed by atoms with Crippen molar-refractivity contribution in [1.29, 1.82) is 0 Å². The fourth-order valence-electron chi connectivity index (χ4n) is 2.92. The number of aliphatic hydroxyl groups is 1. The number of hydrogen-bond donors (Lipinski definition) is 3. The zero-order chi connectivity index (χ0) is 26.7. The van der Waals surface area contributed by atoms with Gasteiger partial charge in [0.2, 0.25) is 0 Å². The van der Waals surface area contributed by atoms with E-state index in [9.17, 15) is 14.4 Å². The Morgan fingerprint density at radius 1 is 0.917 bits per heavy atom. The molecule has 0 aromatic heterocycles. The van der Waals surface area contributed by atoms with Crippen LogP contribution >= 0.6 is 0 Å². The van der Waals surface area contributed by atoms with Crippen molar-refractivity contribution < 1.29 is 29.0 Å². The highest BCUT2D eigenvalue weighted by Crippen LogP contribution is 2.09. The van der Waals surface area contributed by atoms with Gasteiger partial charge in [0, 0.05) is 16.7 Å². The molecule has 0 saturated carbocycles. The first-order chi connectivity index (χ1) is 17.0. The maximum absolute atomic E-state index is 12.7. The molecule has 188 valence electrons. The van der Waals surface area contributed by atoms with Crippen LogP contribution in [0.15, 0.2) is 48.5 Å². The van der Waals surface area contributed by atoms with Gasteiger partial charge >= 0.3 is 12.1 Å². The molecule has 0 heterocycles. The zero-order valence-corrected chi connectivity index (χ0v) is 21.0. The third kappa shape index (κ3) is 9.17. The van der Waals surface area contributed by atoms with E-state index in [2.05, 4.69) is 34.3 Å². The lowest BCUT2D eigenvalue weighted by atomic mass is 10.1. The number of ether oxygens (including phenoxy) is 2. The Bertz CT molecular complexity index is 1190. The van der Waals surface area contributed by atoms with Crippen LogP contribution in [0, 0.1) is 23.7 Å². The number of carbonyl (C=O) groups excluding carboxylic acids is 3. The summed E-state index contributed by atoms with van der Waals surface area (Å²) in [6, 6.07) is 11.7. The van der Waals surface area contributed by atoms with Crippen molar-refractivity contribution in [2.24, 2.45) is 0 Å². The summed E-state index contributed by atoms with van der Waals surface area (Å²) >= 11 is 0. The number of carbonyl (C=O) groups is 3. The number of rotatable bonds is 6. The molecular formula is C28H30N2O6. The van der Waals surface area contributed by atoms with Gasteiger partial charge in [0.15, 0.2) is 0 Å². The number of benzene rings is 2. The minimum Gasteiger partial charge on any atom is -0.467 e. The third-order valence-corrected chi connectivity index (χ3v) is 4.75. The minimum absolute atomic E-state index is 0.0210. The van der Waals surface area contributed by atoms with Crippen molar-refractivity contribution in [2.45, 2.75) is 52.0 Å². The van der Waals surface area contributed by atoms with Gasteiger partial charge in [-0.1, -0.05) is 24.0 Å². The standard InChI is InChI=1S/C28H30N2O6/c1-19(29-27(34)36-28(2,3)4)24(26(33)35-5)30-25(32)23-16-14-21(15-17-23)9-7-6-8-20-10-12-22(18-31)13-11-20/h10-17,19,24,31H,18H2,1-5H3,(H,29,34)(H,30,32)/t19-,24+/m1/s1. The van der Waals surface area contributed by atoms with Crippen LogP contribution < -0.4 is 10.6 Å². The predicted octanol–water partition coefficient (Wildman–Crippen LogP) is 2.77. The molecule has 2 aromatic rings. The largest absolute Gasteiger partial charge is 0.467 e. The van der Waals surface area contributed by atoms with Crippen molar-refractivity contribution >= 4 is 18.0 Å². The van der Waals surface area contributed by atoms with Gasteiger partial charge in [-0.2, -0.15) is 0 Å². The van der Waals surface area contributed by atoms with Crippen LogP contribution in [0.1, 0.15) is 54.7 Å². The fourth-order valence-corrected chi connectivity index (χ4v) is 2.92. The molecule has 2 aromatic carbocycles. The molecule has 0 aliphatic heterocycles. The highest BCUT2D eigenvalue weighted by molar-refractivity contribution is 5.97. The Morgan fingerprint density at radius 3 is 1.92 bits per heavy atom. The van der Waals surface area contributed by atoms with Gasteiger partial charge in [-0.15, -0.1) is 0 Å². The number of amides is 2. The van der Waals surface area contributed by atoms with Crippen LogP contribution in [0.2, 0.25) is 0 Å². The summed E-state index contributed by atoms with van der Waals surface area (Å²) in [5.74, 6) is 10.1. The van der Waals surface area contributed by atoms with Gasteiger partial charge in [-0.3, -0.25) is 4.79 Å². The molecule has 36 heavy (non-hydrogen) atoms. The molecule has 0 fully saturated rings. The topological polar surface area (TPSA) is 114 Å². The van der Waals surface area contributed by atoms with E-state index in [4.69, 9.17) is 14.6 Å². The number of nitrogens with one attached hydrogen (secondary N) is 2. The Kier molecular flexibility index (Phi) is 10.1. The summed E-state index contributed by atoms with van der Waals surface area (Å²) < 4.78 is 9.99. The van der Waals surface area contributed by atoms with Crippen LogP contribution in [-0.2, 0) is 20.9 Å². The molecule has 0 radical (unpaired) electrons. The highest BCUT2D eigenvalue weighted by atomic mass is 16.6. The monoisotopic (exact) mass is 490 g/mol. The third-order valence-electron chi connectivity index (χ3n) is 4.75. The van der Waals surface area contributed by atoms with Crippen molar-refractivity contribution in [1.82, 2.24) is 10.6 Å².